The van der Waals surface area contributed by atoms with E-state index >= 15 is 0 Å². The Hall–Kier alpha value is -1.88. The van der Waals surface area contributed by atoms with Crippen LogP contribution in [-0.2, 0) is 15.1 Å². The van der Waals surface area contributed by atoms with Crippen molar-refractivity contribution in [2.24, 2.45) is 0 Å². The first-order valence-corrected chi connectivity index (χ1v) is 6.12. The van der Waals surface area contributed by atoms with E-state index in [1.807, 2.05) is 0 Å². The lowest BCUT2D eigenvalue weighted by Crippen LogP contribution is -2.41. The average molecular weight is 281 g/mol. The van der Waals surface area contributed by atoms with Crippen LogP contribution in [-0.4, -0.2) is 29.2 Å². The Morgan fingerprint density at radius 1 is 1.37 bits per heavy atom. The normalized spacial score (nSPS) is 22.6. The van der Waals surface area contributed by atoms with Crippen molar-refractivity contribution in [3.05, 3.63) is 34.9 Å². The van der Waals surface area contributed by atoms with Crippen molar-refractivity contribution >= 4 is 29.3 Å². The molecule has 19 heavy (non-hydrogen) atoms. The Balaban J connectivity index is 2.41. The van der Waals surface area contributed by atoms with Gasteiger partial charge in [-0.3, -0.25) is 14.5 Å². The number of urea groups is 1. The van der Waals surface area contributed by atoms with Crippen LogP contribution in [0.3, 0.4) is 0 Å². The molecule has 2 rings (SSSR count). The van der Waals surface area contributed by atoms with Gasteiger partial charge in [-0.15, -0.1) is 0 Å². The molecular weight excluding hydrogens is 268 g/mol. The monoisotopic (exact) mass is 280 g/mol. The van der Waals surface area contributed by atoms with Gasteiger partial charge in [0.25, 0.3) is 5.91 Å². The van der Waals surface area contributed by atoms with E-state index in [-0.39, 0.29) is 12.3 Å². The molecule has 1 fully saturated rings. The summed E-state index contributed by atoms with van der Waals surface area (Å²) in [5.41, 5.74) is -0.716. The molecule has 1 atom stereocenters. The van der Waals surface area contributed by atoms with Crippen molar-refractivity contribution in [1.29, 1.82) is 0 Å². The fraction of sp³-hybridized carbons (Fsp3) is 0.308. The number of carbonyl (C=O) groups excluding carboxylic acids is 3. The lowest BCUT2D eigenvalue weighted by Gasteiger charge is -2.23. The molecule has 6 heteroatoms. The number of nitrogens with zero attached hydrogens (tertiary/aromatic N) is 1. The molecule has 0 saturated carbocycles. The molecule has 1 heterocycles. The molecule has 1 aliphatic rings. The highest BCUT2D eigenvalue weighted by Gasteiger charge is 2.49. The fourth-order valence-corrected chi connectivity index (χ4v) is 2.44. The molecule has 3 amide bonds. The molecule has 1 aromatic carbocycles. The van der Waals surface area contributed by atoms with E-state index in [4.69, 9.17) is 11.6 Å². The number of benzene rings is 1. The van der Waals surface area contributed by atoms with Crippen molar-refractivity contribution in [3.63, 3.8) is 0 Å². The highest BCUT2D eigenvalue weighted by Crippen LogP contribution is 2.33. The van der Waals surface area contributed by atoms with Crippen LogP contribution in [0.2, 0.25) is 5.02 Å². The molecule has 1 aromatic rings. The van der Waals surface area contributed by atoms with Gasteiger partial charge in [0.2, 0.25) is 0 Å². The largest absolute Gasteiger partial charge is 0.325 e. The van der Waals surface area contributed by atoms with Crippen LogP contribution < -0.4 is 5.32 Å². The third-order valence-corrected chi connectivity index (χ3v) is 3.40. The van der Waals surface area contributed by atoms with Gasteiger partial charge in [-0.05, 0) is 19.9 Å². The maximum absolute atomic E-state index is 12.4. The second-order valence-corrected chi connectivity index (χ2v) is 5.04. The minimum absolute atomic E-state index is 0.231. The Labute approximate surface area is 115 Å². The molecule has 1 unspecified atom stereocenters. The first-order chi connectivity index (χ1) is 8.86. The summed E-state index contributed by atoms with van der Waals surface area (Å²) in [7, 11) is 0. The van der Waals surface area contributed by atoms with E-state index in [2.05, 4.69) is 5.32 Å². The predicted octanol–water partition coefficient (Wildman–Crippen LogP) is 1.70. The number of hydrogen-bond donors (Lipinski definition) is 1. The van der Waals surface area contributed by atoms with E-state index in [1.165, 1.54) is 6.92 Å². The zero-order valence-corrected chi connectivity index (χ0v) is 11.3. The molecular formula is C13H13ClN2O3. The summed E-state index contributed by atoms with van der Waals surface area (Å²) >= 11 is 6.07. The number of hydrogen-bond acceptors (Lipinski definition) is 3. The average Bonchev–Trinajstić information content (AvgIpc) is 2.54. The second kappa shape index (κ2) is 4.66. The Bertz CT molecular complexity index is 573. The molecule has 0 aromatic heterocycles. The quantitative estimate of drug-likeness (QED) is 0.857. The number of rotatable bonds is 3. The van der Waals surface area contributed by atoms with Crippen LogP contribution in [0, 0.1) is 0 Å². The number of Topliss-reactive ketones (excluding diaryl/α,β-unsaturated/α-hetero) is 1. The smallest absolute Gasteiger partial charge is 0.319 e. The van der Waals surface area contributed by atoms with Gasteiger partial charge in [-0.25, -0.2) is 4.79 Å². The molecule has 5 nitrogen and oxygen atoms in total. The van der Waals surface area contributed by atoms with E-state index in [0.717, 1.165) is 4.90 Å². The zero-order valence-electron chi connectivity index (χ0n) is 10.6. The standard InChI is InChI=1S/C13H13ClN2O3/c1-8(17)7-16-11(18)13(2,15-12(16)19)9-5-3-4-6-10(9)14/h3-6H,7H2,1-2H3,(H,15,19). The number of imide groups is 1. The van der Waals surface area contributed by atoms with Crippen LogP contribution in [0.15, 0.2) is 24.3 Å². The van der Waals surface area contributed by atoms with Gasteiger partial charge in [0.05, 0.1) is 6.54 Å². The van der Waals surface area contributed by atoms with Crippen LogP contribution >= 0.6 is 11.6 Å². The zero-order chi connectivity index (χ0) is 14.2. The summed E-state index contributed by atoms with van der Waals surface area (Å²) in [6.45, 7) is 2.67. The van der Waals surface area contributed by atoms with Gasteiger partial charge in [-0.1, -0.05) is 29.8 Å². The fourth-order valence-electron chi connectivity index (χ4n) is 2.11. The van der Waals surface area contributed by atoms with Crippen molar-refractivity contribution in [2.75, 3.05) is 6.54 Å². The van der Waals surface area contributed by atoms with E-state index in [9.17, 15) is 14.4 Å². The van der Waals surface area contributed by atoms with Crippen LogP contribution in [0.1, 0.15) is 19.4 Å². The lowest BCUT2D eigenvalue weighted by atomic mass is 9.92. The predicted molar refractivity (Wildman–Crippen MR) is 69.7 cm³/mol. The van der Waals surface area contributed by atoms with Crippen molar-refractivity contribution in [2.45, 2.75) is 19.4 Å². The van der Waals surface area contributed by atoms with Crippen LogP contribution in [0.25, 0.3) is 0 Å². The maximum atomic E-state index is 12.4. The minimum Gasteiger partial charge on any atom is -0.319 e. The Kier molecular flexibility index (Phi) is 3.32. The minimum atomic E-state index is -1.23. The summed E-state index contributed by atoms with van der Waals surface area (Å²) in [5, 5.41) is 2.99. The van der Waals surface area contributed by atoms with Gasteiger partial charge < -0.3 is 5.32 Å². The molecule has 0 radical (unpaired) electrons. The van der Waals surface area contributed by atoms with Crippen LogP contribution in [0.4, 0.5) is 4.79 Å². The summed E-state index contributed by atoms with van der Waals surface area (Å²) in [4.78, 5) is 36.2. The number of amides is 3. The molecule has 0 aliphatic carbocycles. The van der Waals surface area contributed by atoms with Crippen molar-refractivity contribution in [1.82, 2.24) is 10.2 Å². The Morgan fingerprint density at radius 2 is 2.00 bits per heavy atom. The number of carbonyl (C=O) groups is 3. The van der Waals surface area contributed by atoms with Gasteiger partial charge >= 0.3 is 6.03 Å². The van der Waals surface area contributed by atoms with Gasteiger partial charge in [0, 0.05) is 10.6 Å². The molecule has 1 N–H and O–H groups in total. The summed E-state index contributed by atoms with van der Waals surface area (Å²) in [5.74, 6) is -0.729. The maximum Gasteiger partial charge on any atom is 0.325 e. The number of nitrogens with one attached hydrogen (secondary N) is 1. The van der Waals surface area contributed by atoms with Gasteiger partial charge in [0.15, 0.2) is 0 Å². The van der Waals surface area contributed by atoms with E-state index in [0.29, 0.717) is 10.6 Å². The first-order valence-electron chi connectivity index (χ1n) is 5.75. The topological polar surface area (TPSA) is 66.5 Å². The number of ketones is 1. The van der Waals surface area contributed by atoms with Gasteiger partial charge in [-0.2, -0.15) is 0 Å². The second-order valence-electron chi connectivity index (χ2n) is 4.63. The van der Waals surface area contributed by atoms with Crippen LogP contribution in [0.5, 0.6) is 0 Å². The third-order valence-electron chi connectivity index (χ3n) is 3.07. The number of halogens is 1. The van der Waals surface area contributed by atoms with Crippen molar-refractivity contribution < 1.29 is 14.4 Å². The van der Waals surface area contributed by atoms with Gasteiger partial charge in [0.1, 0.15) is 11.3 Å². The van der Waals surface area contributed by atoms with E-state index < -0.39 is 17.5 Å². The first kappa shape index (κ1) is 13.5. The Morgan fingerprint density at radius 3 is 2.58 bits per heavy atom. The molecule has 1 aliphatic heterocycles. The molecule has 100 valence electrons. The van der Waals surface area contributed by atoms with E-state index in [1.54, 1.807) is 31.2 Å². The highest BCUT2D eigenvalue weighted by atomic mass is 35.5. The lowest BCUT2D eigenvalue weighted by molar-refractivity contribution is -0.133. The summed E-state index contributed by atoms with van der Waals surface area (Å²) in [6.07, 6.45) is 0. The summed E-state index contributed by atoms with van der Waals surface area (Å²) < 4.78 is 0. The SMILES string of the molecule is CC(=O)CN1C(=O)NC(C)(c2ccccc2Cl)C1=O. The van der Waals surface area contributed by atoms with Crippen molar-refractivity contribution in [3.8, 4) is 0 Å². The summed E-state index contributed by atoms with van der Waals surface area (Å²) in [6, 6.07) is 6.22. The molecule has 1 saturated heterocycles. The molecule has 0 spiro atoms. The molecule has 0 bridgehead atoms. The highest BCUT2D eigenvalue weighted by molar-refractivity contribution is 6.32. The third kappa shape index (κ3) is 2.21.